The van der Waals surface area contributed by atoms with Crippen molar-refractivity contribution in [2.75, 3.05) is 59.5 Å². The first-order valence-corrected chi connectivity index (χ1v) is 11.6. The zero-order valence-electron chi connectivity index (χ0n) is 20.1. The number of piperazine rings is 1. The Morgan fingerprint density at radius 3 is 2.35 bits per heavy atom. The van der Waals surface area contributed by atoms with Gasteiger partial charge in [0, 0.05) is 51.9 Å². The molecule has 178 valence electrons. The highest BCUT2D eigenvalue weighted by molar-refractivity contribution is 14.0. The highest BCUT2D eigenvalue weighted by atomic mass is 127. The van der Waals surface area contributed by atoms with E-state index in [9.17, 15) is 0 Å². The number of aliphatic imine (C=N–C) groups is 1. The minimum Gasteiger partial charge on any atom is -0.374 e. The first kappa shape index (κ1) is 28.1. The second-order valence-corrected chi connectivity index (χ2v) is 8.57. The molecule has 1 aliphatic heterocycles. The number of nitrogens with zero attached hydrogens (tertiary/aromatic N) is 3. The predicted molar refractivity (Wildman–Crippen MR) is 143 cm³/mol. The molecular weight excluding hydrogens is 501 g/mol. The fourth-order valence-corrected chi connectivity index (χ4v) is 3.79. The van der Waals surface area contributed by atoms with Gasteiger partial charge < -0.3 is 20.3 Å². The SMILES string of the molecule is CCNC(=NCC(C(C)C)N1CCN(C)CC1)NCCCOC(C)c1ccccc1.I. The minimum absolute atomic E-state index is 0. The summed E-state index contributed by atoms with van der Waals surface area (Å²) in [7, 11) is 2.21. The molecule has 1 heterocycles. The van der Waals surface area contributed by atoms with Gasteiger partial charge in [-0.15, -0.1) is 24.0 Å². The van der Waals surface area contributed by atoms with Crippen LogP contribution >= 0.6 is 24.0 Å². The van der Waals surface area contributed by atoms with Crippen molar-refractivity contribution < 1.29 is 4.74 Å². The number of guanidine groups is 1. The van der Waals surface area contributed by atoms with Crippen LogP contribution in [-0.4, -0.2) is 81.3 Å². The maximum atomic E-state index is 5.98. The average molecular weight is 546 g/mol. The fourth-order valence-electron chi connectivity index (χ4n) is 3.79. The molecule has 0 aliphatic carbocycles. The summed E-state index contributed by atoms with van der Waals surface area (Å²) in [6.45, 7) is 16.7. The number of nitrogens with one attached hydrogen (secondary N) is 2. The molecule has 1 saturated heterocycles. The van der Waals surface area contributed by atoms with Crippen molar-refractivity contribution in [3.63, 3.8) is 0 Å². The molecule has 0 radical (unpaired) electrons. The van der Waals surface area contributed by atoms with Gasteiger partial charge in [-0.1, -0.05) is 44.2 Å². The van der Waals surface area contributed by atoms with Gasteiger partial charge in [-0.2, -0.15) is 0 Å². The van der Waals surface area contributed by atoms with Gasteiger partial charge in [0.2, 0.25) is 0 Å². The average Bonchev–Trinajstić information content (AvgIpc) is 2.75. The molecule has 0 amide bonds. The molecule has 7 heteroatoms. The highest BCUT2D eigenvalue weighted by Gasteiger charge is 2.24. The van der Waals surface area contributed by atoms with Crippen molar-refractivity contribution in [2.24, 2.45) is 10.9 Å². The fraction of sp³-hybridized carbons (Fsp3) is 0.708. The molecule has 2 N–H and O–H groups in total. The maximum absolute atomic E-state index is 5.98. The van der Waals surface area contributed by atoms with Gasteiger partial charge in [0.15, 0.2) is 5.96 Å². The molecule has 0 bridgehead atoms. The van der Waals surface area contributed by atoms with Gasteiger partial charge in [0.05, 0.1) is 12.6 Å². The minimum atomic E-state index is 0. The van der Waals surface area contributed by atoms with Crippen LogP contribution in [0.25, 0.3) is 0 Å². The van der Waals surface area contributed by atoms with Gasteiger partial charge in [-0.05, 0) is 38.8 Å². The second-order valence-electron chi connectivity index (χ2n) is 8.57. The van der Waals surface area contributed by atoms with Crippen molar-refractivity contribution in [1.82, 2.24) is 20.4 Å². The normalized spacial score (nSPS) is 17.8. The molecule has 0 aromatic heterocycles. The molecule has 2 rings (SSSR count). The summed E-state index contributed by atoms with van der Waals surface area (Å²) in [5.74, 6) is 1.50. The van der Waals surface area contributed by atoms with Crippen LogP contribution < -0.4 is 10.6 Å². The molecule has 1 aromatic rings. The van der Waals surface area contributed by atoms with Crippen LogP contribution in [0.3, 0.4) is 0 Å². The monoisotopic (exact) mass is 545 g/mol. The molecule has 1 aliphatic rings. The Balaban J connectivity index is 0.00000480. The molecule has 0 spiro atoms. The van der Waals surface area contributed by atoms with Crippen LogP contribution in [0.15, 0.2) is 35.3 Å². The van der Waals surface area contributed by atoms with Gasteiger partial charge in [-0.25, -0.2) is 0 Å². The van der Waals surface area contributed by atoms with Gasteiger partial charge in [0.25, 0.3) is 0 Å². The number of rotatable bonds is 11. The molecule has 2 atom stereocenters. The van der Waals surface area contributed by atoms with Crippen LogP contribution in [0.1, 0.15) is 45.8 Å². The Kier molecular flexibility index (Phi) is 14.4. The van der Waals surface area contributed by atoms with E-state index in [4.69, 9.17) is 9.73 Å². The van der Waals surface area contributed by atoms with Crippen LogP contribution in [0, 0.1) is 5.92 Å². The summed E-state index contributed by atoms with van der Waals surface area (Å²) in [6.07, 6.45) is 1.08. The second kappa shape index (κ2) is 15.8. The maximum Gasteiger partial charge on any atom is 0.191 e. The van der Waals surface area contributed by atoms with Gasteiger partial charge in [-0.3, -0.25) is 9.89 Å². The summed E-state index contributed by atoms with van der Waals surface area (Å²) in [5, 5.41) is 6.85. The van der Waals surface area contributed by atoms with Crippen molar-refractivity contribution in [1.29, 1.82) is 0 Å². The molecular formula is C24H44IN5O. The summed E-state index contributed by atoms with van der Waals surface area (Å²) in [4.78, 5) is 9.92. The number of likely N-dealkylation sites (N-methyl/N-ethyl adjacent to an activating group) is 1. The summed E-state index contributed by atoms with van der Waals surface area (Å²) < 4.78 is 5.98. The standard InChI is InChI=1S/C24H43N5O.HI/c1-6-25-24(26-13-10-18-30-21(4)22-11-8-7-9-12-22)27-19-23(20(2)3)29-16-14-28(5)15-17-29;/h7-9,11-12,20-21,23H,6,10,13-19H2,1-5H3,(H2,25,26,27);1H. The third kappa shape index (κ3) is 10.5. The van der Waals surface area contributed by atoms with Crippen molar-refractivity contribution in [2.45, 2.75) is 46.3 Å². The number of halogens is 1. The van der Waals surface area contributed by atoms with E-state index in [1.807, 2.05) is 6.07 Å². The molecule has 1 aromatic carbocycles. The van der Waals surface area contributed by atoms with E-state index in [1.165, 1.54) is 5.56 Å². The van der Waals surface area contributed by atoms with Crippen LogP contribution in [-0.2, 0) is 4.74 Å². The van der Waals surface area contributed by atoms with Crippen LogP contribution in [0.4, 0.5) is 0 Å². The summed E-state index contributed by atoms with van der Waals surface area (Å²) >= 11 is 0. The zero-order chi connectivity index (χ0) is 21.8. The quantitative estimate of drug-likeness (QED) is 0.193. The Morgan fingerprint density at radius 1 is 1.06 bits per heavy atom. The molecule has 1 fully saturated rings. The van der Waals surface area contributed by atoms with E-state index < -0.39 is 0 Å². The first-order valence-electron chi connectivity index (χ1n) is 11.6. The van der Waals surface area contributed by atoms with E-state index in [0.29, 0.717) is 12.0 Å². The Labute approximate surface area is 207 Å². The Morgan fingerprint density at radius 2 is 1.74 bits per heavy atom. The number of ether oxygens (including phenoxy) is 1. The van der Waals surface area contributed by atoms with Crippen LogP contribution in [0.5, 0.6) is 0 Å². The third-order valence-electron chi connectivity index (χ3n) is 5.81. The van der Waals surface area contributed by atoms with Gasteiger partial charge >= 0.3 is 0 Å². The number of hydrogen-bond acceptors (Lipinski definition) is 4. The molecule has 6 nitrogen and oxygen atoms in total. The molecule has 0 saturated carbocycles. The number of hydrogen-bond donors (Lipinski definition) is 2. The van der Waals surface area contributed by atoms with E-state index in [-0.39, 0.29) is 30.1 Å². The third-order valence-corrected chi connectivity index (χ3v) is 5.81. The smallest absolute Gasteiger partial charge is 0.191 e. The Bertz CT molecular complexity index is 605. The lowest BCUT2D eigenvalue weighted by Gasteiger charge is -2.39. The van der Waals surface area contributed by atoms with E-state index in [1.54, 1.807) is 0 Å². The lowest BCUT2D eigenvalue weighted by atomic mass is 10.0. The highest BCUT2D eigenvalue weighted by Crippen LogP contribution is 2.16. The lowest BCUT2D eigenvalue weighted by molar-refractivity contribution is 0.0646. The molecule has 31 heavy (non-hydrogen) atoms. The Hall–Kier alpha value is -0.900. The largest absolute Gasteiger partial charge is 0.374 e. The topological polar surface area (TPSA) is 52.1 Å². The zero-order valence-corrected chi connectivity index (χ0v) is 22.5. The van der Waals surface area contributed by atoms with Crippen molar-refractivity contribution in [3.05, 3.63) is 35.9 Å². The lowest BCUT2D eigenvalue weighted by Crippen LogP contribution is -2.52. The molecule has 2 unspecified atom stereocenters. The van der Waals surface area contributed by atoms with Crippen molar-refractivity contribution >= 4 is 29.9 Å². The first-order chi connectivity index (χ1) is 14.5. The predicted octanol–water partition coefficient (Wildman–Crippen LogP) is 3.60. The summed E-state index contributed by atoms with van der Waals surface area (Å²) in [5.41, 5.74) is 1.23. The van der Waals surface area contributed by atoms with Crippen molar-refractivity contribution in [3.8, 4) is 0 Å². The van der Waals surface area contributed by atoms with E-state index in [0.717, 1.165) is 64.8 Å². The van der Waals surface area contributed by atoms with Crippen LogP contribution in [0.2, 0.25) is 0 Å². The number of benzene rings is 1. The summed E-state index contributed by atoms with van der Waals surface area (Å²) in [6, 6.07) is 10.9. The van der Waals surface area contributed by atoms with Gasteiger partial charge in [0.1, 0.15) is 0 Å². The van der Waals surface area contributed by atoms with E-state index in [2.05, 4.69) is 79.4 Å². The van der Waals surface area contributed by atoms with E-state index >= 15 is 0 Å².